The number of ether oxygens (including phenoxy) is 2. The number of piperazine rings is 1. The Morgan fingerprint density at radius 2 is 2.25 bits per heavy atom. The van der Waals surface area contributed by atoms with Gasteiger partial charge in [-0.3, -0.25) is 9.59 Å². The number of nitrogens with zero attached hydrogens (tertiary/aromatic N) is 1. The van der Waals surface area contributed by atoms with Crippen LogP contribution in [0.15, 0.2) is 12.1 Å². The number of amides is 2. The molecule has 0 saturated carbocycles. The summed E-state index contributed by atoms with van der Waals surface area (Å²) in [6.07, 6.45) is 0. The van der Waals surface area contributed by atoms with Crippen molar-refractivity contribution in [3.05, 3.63) is 22.7 Å². The average molecular weight is 297 g/mol. The van der Waals surface area contributed by atoms with E-state index in [9.17, 15) is 9.59 Å². The van der Waals surface area contributed by atoms with Gasteiger partial charge in [-0.15, -0.1) is 0 Å². The van der Waals surface area contributed by atoms with Crippen molar-refractivity contribution >= 4 is 23.4 Å². The third-order valence-corrected chi connectivity index (χ3v) is 3.71. The van der Waals surface area contributed by atoms with Crippen LogP contribution in [-0.2, 0) is 4.79 Å². The summed E-state index contributed by atoms with van der Waals surface area (Å²) < 4.78 is 10.5. The quantitative estimate of drug-likeness (QED) is 0.840. The molecule has 1 aromatic rings. The van der Waals surface area contributed by atoms with Gasteiger partial charge < -0.3 is 19.7 Å². The van der Waals surface area contributed by atoms with Gasteiger partial charge in [0, 0.05) is 18.7 Å². The van der Waals surface area contributed by atoms with Gasteiger partial charge in [0.15, 0.2) is 11.5 Å². The maximum Gasteiger partial charge on any atom is 0.254 e. The van der Waals surface area contributed by atoms with Gasteiger partial charge in [0.25, 0.3) is 5.91 Å². The molecule has 1 saturated heterocycles. The lowest BCUT2D eigenvalue weighted by Gasteiger charge is -2.32. The molecule has 20 heavy (non-hydrogen) atoms. The zero-order valence-corrected chi connectivity index (χ0v) is 11.6. The highest BCUT2D eigenvalue weighted by Gasteiger charge is 2.31. The van der Waals surface area contributed by atoms with Gasteiger partial charge in [-0.25, -0.2) is 0 Å². The van der Waals surface area contributed by atoms with Gasteiger partial charge >= 0.3 is 0 Å². The molecule has 1 atom stereocenters. The van der Waals surface area contributed by atoms with E-state index >= 15 is 0 Å². The van der Waals surface area contributed by atoms with Crippen molar-refractivity contribution in [2.24, 2.45) is 0 Å². The average Bonchev–Trinajstić information content (AvgIpc) is 2.90. The van der Waals surface area contributed by atoms with E-state index in [4.69, 9.17) is 21.1 Å². The molecule has 2 heterocycles. The Bertz CT molecular complexity index is 590. The second kappa shape index (κ2) is 4.86. The number of fused-ring (bicyclic) bond motifs is 1. The van der Waals surface area contributed by atoms with Crippen molar-refractivity contribution in [3.8, 4) is 11.5 Å². The first-order chi connectivity index (χ1) is 9.58. The summed E-state index contributed by atoms with van der Waals surface area (Å²) in [7, 11) is 0. The largest absolute Gasteiger partial charge is 0.454 e. The molecule has 2 aliphatic rings. The van der Waals surface area contributed by atoms with Crippen molar-refractivity contribution in [1.29, 1.82) is 0 Å². The first-order valence-corrected chi connectivity index (χ1v) is 6.63. The van der Waals surface area contributed by atoms with Gasteiger partial charge in [0.1, 0.15) is 6.04 Å². The molecule has 6 nitrogen and oxygen atoms in total. The van der Waals surface area contributed by atoms with Crippen molar-refractivity contribution in [2.75, 3.05) is 19.9 Å². The number of carbonyl (C=O) groups excluding carboxylic acids is 2. The molecule has 0 aromatic heterocycles. The summed E-state index contributed by atoms with van der Waals surface area (Å²) in [5, 5.41) is 3.05. The van der Waals surface area contributed by atoms with Crippen LogP contribution in [0, 0.1) is 0 Å². The highest BCUT2D eigenvalue weighted by Crippen LogP contribution is 2.40. The SMILES string of the molecule is CC1C(=O)NCCN1C(=O)c1cc(Cl)c2c(c1)OCO2. The Kier molecular flexibility index (Phi) is 3.17. The molecule has 1 unspecified atom stereocenters. The summed E-state index contributed by atoms with van der Waals surface area (Å²) in [5.74, 6) is 0.506. The molecule has 0 aliphatic carbocycles. The lowest BCUT2D eigenvalue weighted by molar-refractivity contribution is -0.127. The van der Waals surface area contributed by atoms with Gasteiger partial charge in [-0.2, -0.15) is 0 Å². The fraction of sp³-hybridized carbons (Fsp3) is 0.385. The van der Waals surface area contributed by atoms with Crippen LogP contribution in [0.5, 0.6) is 11.5 Å². The number of hydrogen-bond acceptors (Lipinski definition) is 4. The fourth-order valence-corrected chi connectivity index (χ4v) is 2.58. The van der Waals surface area contributed by atoms with E-state index < -0.39 is 6.04 Å². The Labute approximate surface area is 120 Å². The van der Waals surface area contributed by atoms with E-state index in [1.807, 2.05) is 0 Å². The zero-order chi connectivity index (χ0) is 14.3. The normalized spacial score (nSPS) is 20.8. The lowest BCUT2D eigenvalue weighted by Crippen LogP contribution is -2.55. The standard InChI is InChI=1S/C13H13ClN2O4/c1-7-12(17)15-2-3-16(7)13(18)8-4-9(14)11-10(5-8)19-6-20-11/h4-5,7H,2-3,6H2,1H3,(H,15,17). The second-order valence-electron chi connectivity index (χ2n) is 4.66. The predicted molar refractivity (Wildman–Crippen MR) is 71.1 cm³/mol. The minimum absolute atomic E-state index is 0.0925. The van der Waals surface area contributed by atoms with Gasteiger partial charge in [0.2, 0.25) is 12.7 Å². The van der Waals surface area contributed by atoms with Crippen molar-refractivity contribution in [3.63, 3.8) is 0 Å². The van der Waals surface area contributed by atoms with Crippen LogP contribution in [0.25, 0.3) is 0 Å². The molecule has 1 aromatic carbocycles. The Balaban J connectivity index is 1.91. The van der Waals surface area contributed by atoms with E-state index in [1.165, 1.54) is 11.0 Å². The molecule has 2 aliphatic heterocycles. The maximum atomic E-state index is 12.5. The number of benzene rings is 1. The molecule has 0 radical (unpaired) electrons. The van der Waals surface area contributed by atoms with E-state index in [2.05, 4.69) is 5.32 Å². The topological polar surface area (TPSA) is 67.9 Å². The maximum absolute atomic E-state index is 12.5. The molecule has 0 bridgehead atoms. The molecule has 106 valence electrons. The van der Waals surface area contributed by atoms with Crippen LogP contribution < -0.4 is 14.8 Å². The van der Waals surface area contributed by atoms with Crippen molar-refractivity contribution in [1.82, 2.24) is 10.2 Å². The summed E-state index contributed by atoms with van der Waals surface area (Å²) in [4.78, 5) is 25.6. The summed E-state index contributed by atoms with van der Waals surface area (Å²) in [5.41, 5.74) is 0.390. The highest BCUT2D eigenvalue weighted by atomic mass is 35.5. The summed E-state index contributed by atoms with van der Waals surface area (Å²) >= 11 is 6.07. The molecule has 1 fully saturated rings. The Morgan fingerprint density at radius 1 is 1.45 bits per heavy atom. The first-order valence-electron chi connectivity index (χ1n) is 6.26. The Hall–Kier alpha value is -1.95. The molecular weight excluding hydrogens is 284 g/mol. The molecule has 7 heteroatoms. The summed E-state index contributed by atoms with van der Waals surface area (Å²) in [6, 6.07) is 2.63. The number of nitrogens with one attached hydrogen (secondary N) is 1. The number of rotatable bonds is 1. The summed E-state index contributed by atoms with van der Waals surface area (Å²) in [6.45, 7) is 2.71. The molecule has 3 rings (SSSR count). The van der Waals surface area contributed by atoms with Crippen LogP contribution >= 0.6 is 11.6 Å². The second-order valence-corrected chi connectivity index (χ2v) is 5.06. The lowest BCUT2D eigenvalue weighted by atomic mass is 10.1. The van der Waals surface area contributed by atoms with Crippen LogP contribution in [0.4, 0.5) is 0 Å². The number of carbonyl (C=O) groups is 2. The molecule has 1 N–H and O–H groups in total. The van der Waals surface area contributed by atoms with E-state index in [0.29, 0.717) is 35.2 Å². The van der Waals surface area contributed by atoms with Gasteiger partial charge in [-0.05, 0) is 19.1 Å². The molecule has 0 spiro atoms. The zero-order valence-electron chi connectivity index (χ0n) is 10.8. The minimum atomic E-state index is -0.500. The van der Waals surface area contributed by atoms with Crippen LogP contribution in [0.1, 0.15) is 17.3 Å². The minimum Gasteiger partial charge on any atom is -0.454 e. The molecular formula is C13H13ClN2O4. The number of halogens is 1. The fourth-order valence-electron chi connectivity index (χ4n) is 2.32. The van der Waals surface area contributed by atoms with E-state index in [-0.39, 0.29) is 18.6 Å². The first kappa shape index (κ1) is 13.1. The van der Waals surface area contributed by atoms with Gasteiger partial charge in [-0.1, -0.05) is 11.6 Å². The predicted octanol–water partition coefficient (Wildman–Crippen LogP) is 1.03. The van der Waals surface area contributed by atoms with E-state index in [0.717, 1.165) is 0 Å². The van der Waals surface area contributed by atoms with Crippen LogP contribution in [-0.4, -0.2) is 42.6 Å². The monoisotopic (exact) mass is 296 g/mol. The smallest absolute Gasteiger partial charge is 0.254 e. The van der Waals surface area contributed by atoms with Gasteiger partial charge in [0.05, 0.1) is 5.02 Å². The third-order valence-electron chi connectivity index (χ3n) is 3.43. The third kappa shape index (κ3) is 2.06. The highest BCUT2D eigenvalue weighted by molar-refractivity contribution is 6.32. The number of hydrogen-bond donors (Lipinski definition) is 1. The van der Waals surface area contributed by atoms with E-state index in [1.54, 1.807) is 13.0 Å². The van der Waals surface area contributed by atoms with Crippen LogP contribution in [0.3, 0.4) is 0 Å². The van der Waals surface area contributed by atoms with Crippen molar-refractivity contribution < 1.29 is 19.1 Å². The Morgan fingerprint density at radius 3 is 3.05 bits per heavy atom. The van der Waals surface area contributed by atoms with Crippen molar-refractivity contribution in [2.45, 2.75) is 13.0 Å². The molecule has 2 amide bonds. The van der Waals surface area contributed by atoms with Crippen LogP contribution in [0.2, 0.25) is 5.02 Å².